The third-order valence-electron chi connectivity index (χ3n) is 4.99. The van der Waals surface area contributed by atoms with E-state index in [1.54, 1.807) is 18.2 Å². The van der Waals surface area contributed by atoms with Gasteiger partial charge in [0, 0.05) is 13.1 Å². The fraction of sp³-hybridized carbons (Fsp3) is 0.333. The summed E-state index contributed by atoms with van der Waals surface area (Å²) in [4.78, 5) is 25.2. The molecule has 0 bridgehead atoms. The van der Waals surface area contributed by atoms with Crippen LogP contribution in [0.25, 0.3) is 0 Å². The molecule has 7 nitrogen and oxygen atoms in total. The van der Waals surface area contributed by atoms with E-state index in [9.17, 15) is 9.59 Å². The van der Waals surface area contributed by atoms with Crippen LogP contribution in [0.1, 0.15) is 28.8 Å². The lowest BCUT2D eigenvalue weighted by Gasteiger charge is -2.22. The van der Waals surface area contributed by atoms with Gasteiger partial charge >= 0.3 is 0 Å². The Morgan fingerprint density at radius 1 is 1.11 bits per heavy atom. The van der Waals surface area contributed by atoms with Crippen LogP contribution in [-0.4, -0.2) is 31.7 Å². The van der Waals surface area contributed by atoms with Crippen LogP contribution in [-0.2, 0) is 11.3 Å². The van der Waals surface area contributed by atoms with Crippen molar-refractivity contribution in [2.75, 3.05) is 25.2 Å². The van der Waals surface area contributed by atoms with E-state index in [0.717, 1.165) is 24.9 Å². The summed E-state index contributed by atoms with van der Waals surface area (Å²) in [6.07, 6.45) is 1.84. The average Bonchev–Trinajstić information content (AvgIpc) is 3.21. The smallest absolute Gasteiger partial charge is 0.253 e. The standard InChI is InChI=1S/C21H23N3O4/c25-20(15-4-3-9-22-12-15)24-17-6-2-1-5-16(17)21(26)23-11-14-7-8-18-19(10-14)28-13-27-18/h1-2,5-8,10,15,22H,3-4,9,11-13H2,(H,23,26)(H,24,25). The van der Waals surface area contributed by atoms with E-state index in [4.69, 9.17) is 9.47 Å². The monoisotopic (exact) mass is 381 g/mol. The van der Waals surface area contributed by atoms with Crippen LogP contribution in [0.15, 0.2) is 42.5 Å². The quantitative estimate of drug-likeness (QED) is 0.740. The zero-order chi connectivity index (χ0) is 19.3. The van der Waals surface area contributed by atoms with Gasteiger partial charge in [-0.3, -0.25) is 9.59 Å². The fourth-order valence-corrected chi connectivity index (χ4v) is 3.43. The number of carbonyl (C=O) groups is 2. The van der Waals surface area contributed by atoms with Gasteiger partial charge in [0.15, 0.2) is 11.5 Å². The molecule has 2 aromatic carbocycles. The Kier molecular flexibility index (Phi) is 5.43. The van der Waals surface area contributed by atoms with Crippen molar-refractivity contribution in [2.45, 2.75) is 19.4 Å². The highest BCUT2D eigenvalue weighted by molar-refractivity contribution is 6.04. The number of hydrogen-bond acceptors (Lipinski definition) is 5. The van der Waals surface area contributed by atoms with E-state index in [1.165, 1.54) is 0 Å². The summed E-state index contributed by atoms with van der Waals surface area (Å²) in [5.41, 5.74) is 1.88. The maximum Gasteiger partial charge on any atom is 0.253 e. The van der Waals surface area contributed by atoms with Crippen LogP contribution in [0.5, 0.6) is 11.5 Å². The molecule has 2 amide bonds. The molecule has 0 saturated carbocycles. The van der Waals surface area contributed by atoms with Crippen LogP contribution < -0.4 is 25.4 Å². The summed E-state index contributed by atoms with van der Waals surface area (Å²) in [5, 5.41) is 9.05. The van der Waals surface area contributed by atoms with E-state index in [-0.39, 0.29) is 24.5 Å². The largest absolute Gasteiger partial charge is 0.454 e. The first kappa shape index (κ1) is 18.3. The Balaban J connectivity index is 1.40. The molecule has 28 heavy (non-hydrogen) atoms. The van der Waals surface area contributed by atoms with E-state index in [1.807, 2.05) is 24.3 Å². The second-order valence-electron chi connectivity index (χ2n) is 6.95. The highest BCUT2D eigenvalue weighted by Gasteiger charge is 2.22. The molecule has 0 spiro atoms. The summed E-state index contributed by atoms with van der Waals surface area (Å²) >= 11 is 0. The van der Waals surface area contributed by atoms with Gasteiger partial charge in [-0.2, -0.15) is 0 Å². The zero-order valence-electron chi connectivity index (χ0n) is 15.5. The lowest BCUT2D eigenvalue weighted by Crippen LogP contribution is -2.37. The van der Waals surface area contributed by atoms with Crippen molar-refractivity contribution in [3.8, 4) is 11.5 Å². The lowest BCUT2D eigenvalue weighted by molar-refractivity contribution is -0.120. The van der Waals surface area contributed by atoms with E-state index < -0.39 is 0 Å². The first-order valence-corrected chi connectivity index (χ1v) is 9.48. The number of fused-ring (bicyclic) bond motifs is 1. The molecule has 1 saturated heterocycles. The van der Waals surface area contributed by atoms with Gasteiger partial charge in [0.05, 0.1) is 17.2 Å². The summed E-state index contributed by atoms with van der Waals surface area (Å²) in [5.74, 6) is 1.03. The highest BCUT2D eigenvalue weighted by atomic mass is 16.7. The number of amides is 2. The first-order valence-electron chi connectivity index (χ1n) is 9.48. The highest BCUT2D eigenvalue weighted by Crippen LogP contribution is 2.32. The number of piperidine rings is 1. The molecule has 1 atom stereocenters. The van der Waals surface area contributed by atoms with Gasteiger partial charge in [0.2, 0.25) is 12.7 Å². The molecule has 0 aliphatic carbocycles. The molecule has 0 aromatic heterocycles. The van der Waals surface area contributed by atoms with Gasteiger partial charge in [-0.25, -0.2) is 0 Å². The van der Waals surface area contributed by atoms with Crippen LogP contribution >= 0.6 is 0 Å². The number of benzene rings is 2. The number of hydrogen-bond donors (Lipinski definition) is 3. The van der Waals surface area contributed by atoms with Gasteiger partial charge < -0.3 is 25.4 Å². The summed E-state index contributed by atoms with van der Waals surface area (Å²) in [7, 11) is 0. The summed E-state index contributed by atoms with van der Waals surface area (Å²) < 4.78 is 10.7. The minimum atomic E-state index is -0.240. The van der Waals surface area contributed by atoms with Crippen molar-refractivity contribution in [1.29, 1.82) is 0 Å². The average molecular weight is 381 g/mol. The molecule has 2 aromatic rings. The topological polar surface area (TPSA) is 88.7 Å². The lowest BCUT2D eigenvalue weighted by atomic mass is 9.98. The number of carbonyl (C=O) groups excluding carboxylic acids is 2. The van der Waals surface area contributed by atoms with Gasteiger partial charge in [-0.15, -0.1) is 0 Å². The van der Waals surface area contributed by atoms with Gasteiger partial charge in [0.1, 0.15) is 0 Å². The number of ether oxygens (including phenoxy) is 2. The van der Waals surface area contributed by atoms with Gasteiger partial charge in [0.25, 0.3) is 5.91 Å². The van der Waals surface area contributed by atoms with E-state index >= 15 is 0 Å². The van der Waals surface area contributed by atoms with Crippen molar-refractivity contribution in [1.82, 2.24) is 10.6 Å². The van der Waals surface area contributed by atoms with Crippen molar-refractivity contribution in [3.63, 3.8) is 0 Å². The van der Waals surface area contributed by atoms with Crippen LogP contribution in [0.2, 0.25) is 0 Å². The van der Waals surface area contributed by atoms with Crippen molar-refractivity contribution < 1.29 is 19.1 Å². The number of nitrogens with one attached hydrogen (secondary N) is 3. The Labute approximate surface area is 163 Å². The second kappa shape index (κ2) is 8.31. The zero-order valence-corrected chi connectivity index (χ0v) is 15.5. The second-order valence-corrected chi connectivity index (χ2v) is 6.95. The molecule has 7 heteroatoms. The molecule has 2 heterocycles. The third kappa shape index (κ3) is 4.09. The van der Waals surface area contributed by atoms with E-state index in [2.05, 4.69) is 16.0 Å². The van der Waals surface area contributed by atoms with Crippen LogP contribution in [0, 0.1) is 5.92 Å². The predicted octanol–water partition coefficient (Wildman–Crippen LogP) is 2.28. The van der Waals surface area contributed by atoms with Crippen molar-refractivity contribution >= 4 is 17.5 Å². The van der Waals surface area contributed by atoms with Crippen molar-refractivity contribution in [2.24, 2.45) is 5.92 Å². The van der Waals surface area contributed by atoms with Crippen LogP contribution in [0.3, 0.4) is 0 Å². The molecular formula is C21H23N3O4. The molecule has 4 rings (SSSR count). The fourth-order valence-electron chi connectivity index (χ4n) is 3.43. The molecule has 1 unspecified atom stereocenters. The summed E-state index contributed by atoms with van der Waals surface area (Å²) in [6.45, 7) is 2.19. The minimum absolute atomic E-state index is 0.0526. The Morgan fingerprint density at radius 2 is 1.96 bits per heavy atom. The molecule has 1 fully saturated rings. The SMILES string of the molecule is O=C(NCc1ccc2c(c1)OCO2)c1ccccc1NC(=O)C1CCCNC1. The summed E-state index contributed by atoms with van der Waals surface area (Å²) in [6, 6.07) is 12.6. The molecular weight excluding hydrogens is 358 g/mol. The third-order valence-corrected chi connectivity index (χ3v) is 4.99. The van der Waals surface area contributed by atoms with Gasteiger partial charge in [-0.1, -0.05) is 18.2 Å². The first-order chi connectivity index (χ1) is 13.7. The molecule has 146 valence electrons. The van der Waals surface area contributed by atoms with Crippen LogP contribution in [0.4, 0.5) is 5.69 Å². The Hall–Kier alpha value is -3.06. The Morgan fingerprint density at radius 3 is 2.82 bits per heavy atom. The van der Waals surface area contributed by atoms with Crippen molar-refractivity contribution in [3.05, 3.63) is 53.6 Å². The number of para-hydroxylation sites is 1. The number of anilines is 1. The minimum Gasteiger partial charge on any atom is -0.454 e. The maximum absolute atomic E-state index is 12.7. The molecule has 3 N–H and O–H groups in total. The van der Waals surface area contributed by atoms with Gasteiger partial charge in [-0.05, 0) is 49.2 Å². The maximum atomic E-state index is 12.7. The molecule has 2 aliphatic rings. The van der Waals surface area contributed by atoms with E-state index in [0.29, 0.717) is 35.8 Å². The molecule has 2 aliphatic heterocycles. The normalized spacial score (nSPS) is 17.8. The number of rotatable bonds is 5. The Bertz CT molecular complexity index is 878. The molecule has 0 radical (unpaired) electrons. The predicted molar refractivity (Wildman–Crippen MR) is 104 cm³/mol.